The van der Waals surface area contributed by atoms with E-state index in [1.807, 2.05) is 0 Å². The molecular formula is C17H9ClF4N2O2S2. The van der Waals surface area contributed by atoms with E-state index in [4.69, 9.17) is 11.6 Å². The molecule has 1 amide bonds. The molecule has 2 heterocycles. The van der Waals surface area contributed by atoms with Crippen molar-refractivity contribution in [2.24, 2.45) is 0 Å². The Labute approximate surface area is 169 Å². The second kappa shape index (κ2) is 7.09. The molecule has 0 spiro atoms. The number of thiazole rings is 1. The molecule has 2 aromatic carbocycles. The maximum Gasteiger partial charge on any atom is 0.573 e. The molecule has 28 heavy (non-hydrogen) atoms. The lowest BCUT2D eigenvalue weighted by Gasteiger charge is -2.22. The number of hydrogen-bond donors (Lipinski definition) is 0. The number of ether oxygens (including phenoxy) is 1. The zero-order valence-corrected chi connectivity index (χ0v) is 16.1. The number of benzene rings is 2. The van der Waals surface area contributed by atoms with Crippen molar-refractivity contribution in [2.75, 3.05) is 10.7 Å². The minimum atomic E-state index is -4.81. The number of anilines is 1. The van der Waals surface area contributed by atoms with E-state index in [-0.39, 0.29) is 33.1 Å². The Kier molecular flexibility index (Phi) is 4.88. The fraction of sp³-hybridized carbons (Fsp3) is 0.176. The Morgan fingerprint density at radius 3 is 2.75 bits per heavy atom. The van der Waals surface area contributed by atoms with Crippen molar-refractivity contribution in [3.8, 4) is 5.75 Å². The monoisotopic (exact) mass is 448 g/mol. The van der Waals surface area contributed by atoms with Gasteiger partial charge >= 0.3 is 6.36 Å². The van der Waals surface area contributed by atoms with E-state index < -0.39 is 17.6 Å². The van der Waals surface area contributed by atoms with Crippen LogP contribution in [-0.4, -0.2) is 23.0 Å². The fourth-order valence-electron chi connectivity index (χ4n) is 2.78. The Hall–Kier alpha value is -2.04. The van der Waals surface area contributed by atoms with Crippen LogP contribution in [-0.2, 0) is 4.79 Å². The van der Waals surface area contributed by atoms with Gasteiger partial charge in [0, 0.05) is 16.7 Å². The molecule has 1 fully saturated rings. The first-order valence-electron chi connectivity index (χ1n) is 7.77. The summed E-state index contributed by atoms with van der Waals surface area (Å²) in [7, 11) is 0. The molecule has 4 nitrogen and oxygen atoms in total. The van der Waals surface area contributed by atoms with E-state index >= 15 is 0 Å². The van der Waals surface area contributed by atoms with E-state index in [1.165, 1.54) is 47.0 Å². The van der Waals surface area contributed by atoms with Crippen LogP contribution in [0.2, 0.25) is 5.02 Å². The fourth-order valence-corrected chi connectivity index (χ4v) is 5.43. The predicted molar refractivity (Wildman–Crippen MR) is 100 cm³/mol. The highest BCUT2D eigenvalue weighted by molar-refractivity contribution is 8.00. The van der Waals surface area contributed by atoms with Crippen molar-refractivity contribution in [3.05, 3.63) is 52.8 Å². The van der Waals surface area contributed by atoms with Gasteiger partial charge in [-0.05, 0) is 24.3 Å². The number of nitrogens with zero attached hydrogens (tertiary/aromatic N) is 2. The van der Waals surface area contributed by atoms with E-state index in [0.29, 0.717) is 10.2 Å². The molecule has 1 aliphatic heterocycles. The molecule has 3 aromatic rings. The van der Waals surface area contributed by atoms with Gasteiger partial charge in [0.05, 0.1) is 16.0 Å². The molecule has 1 aromatic heterocycles. The highest BCUT2D eigenvalue weighted by Gasteiger charge is 2.38. The molecule has 0 bridgehead atoms. The summed E-state index contributed by atoms with van der Waals surface area (Å²) in [4.78, 5) is 18.1. The highest BCUT2D eigenvalue weighted by atomic mass is 35.5. The number of hydrogen-bond acceptors (Lipinski definition) is 5. The van der Waals surface area contributed by atoms with Gasteiger partial charge in [0.25, 0.3) is 0 Å². The summed E-state index contributed by atoms with van der Waals surface area (Å²) < 4.78 is 55.9. The van der Waals surface area contributed by atoms with Crippen LogP contribution in [0.5, 0.6) is 5.75 Å². The van der Waals surface area contributed by atoms with Crippen LogP contribution in [0.4, 0.5) is 22.7 Å². The van der Waals surface area contributed by atoms with E-state index in [0.717, 1.165) is 17.4 Å². The van der Waals surface area contributed by atoms with Crippen LogP contribution in [0, 0.1) is 5.82 Å². The number of alkyl halides is 3. The van der Waals surface area contributed by atoms with Gasteiger partial charge in [0.2, 0.25) is 5.91 Å². The third-order valence-corrected chi connectivity index (χ3v) is 6.43. The first-order valence-corrected chi connectivity index (χ1v) is 10.0. The van der Waals surface area contributed by atoms with Crippen LogP contribution in [0.15, 0.2) is 36.4 Å². The minimum absolute atomic E-state index is 0.105. The summed E-state index contributed by atoms with van der Waals surface area (Å²) in [6.45, 7) is 0. The first kappa shape index (κ1) is 19.3. The quantitative estimate of drug-likeness (QED) is 0.477. The van der Waals surface area contributed by atoms with Crippen molar-refractivity contribution in [1.82, 2.24) is 4.98 Å². The lowest BCUT2D eigenvalue weighted by atomic mass is 10.2. The van der Waals surface area contributed by atoms with Gasteiger partial charge in [-0.3, -0.25) is 9.69 Å². The van der Waals surface area contributed by atoms with Crippen molar-refractivity contribution in [1.29, 1.82) is 0 Å². The van der Waals surface area contributed by atoms with Crippen LogP contribution in [0.25, 0.3) is 10.2 Å². The zero-order chi connectivity index (χ0) is 20.1. The third kappa shape index (κ3) is 3.63. The molecule has 146 valence electrons. The molecule has 1 atom stereocenters. The largest absolute Gasteiger partial charge is 0.573 e. The summed E-state index contributed by atoms with van der Waals surface area (Å²) in [6.07, 6.45) is -4.81. The standard InChI is InChI=1S/C17H9ClF4N2O2S2/c18-9-2-1-3-10(19)14(9)15-24(13(25)7-27-15)16-23-11-5-4-8(6-12(11)28-16)26-17(20,21)22/h1-6,15H,7H2. The molecule has 0 saturated carbocycles. The average molecular weight is 449 g/mol. The van der Waals surface area contributed by atoms with Crippen molar-refractivity contribution in [3.63, 3.8) is 0 Å². The van der Waals surface area contributed by atoms with Gasteiger partial charge in [-0.2, -0.15) is 0 Å². The third-order valence-electron chi connectivity index (χ3n) is 3.90. The Bertz CT molecular complexity index is 1050. The SMILES string of the molecule is O=C1CSC(c2c(F)cccc2Cl)N1c1nc2ccc(OC(F)(F)F)cc2s1. The number of thioether (sulfide) groups is 1. The van der Waals surface area contributed by atoms with Crippen molar-refractivity contribution in [2.45, 2.75) is 11.7 Å². The summed E-state index contributed by atoms with van der Waals surface area (Å²) in [5.74, 6) is -1.12. The molecule has 0 N–H and O–H groups in total. The van der Waals surface area contributed by atoms with Gasteiger partial charge in [0.15, 0.2) is 5.13 Å². The van der Waals surface area contributed by atoms with Crippen LogP contribution < -0.4 is 9.64 Å². The molecular weight excluding hydrogens is 440 g/mol. The molecule has 0 radical (unpaired) electrons. The van der Waals surface area contributed by atoms with Gasteiger partial charge in [-0.25, -0.2) is 9.37 Å². The summed E-state index contributed by atoms with van der Waals surface area (Å²) in [6, 6.07) is 7.96. The number of aromatic nitrogens is 1. The number of carbonyl (C=O) groups excluding carboxylic acids is 1. The number of carbonyl (C=O) groups is 1. The molecule has 1 aliphatic rings. The smallest absolute Gasteiger partial charge is 0.406 e. The normalized spacial score (nSPS) is 17.5. The predicted octanol–water partition coefficient (Wildman–Crippen LogP) is 5.77. The molecule has 11 heteroatoms. The zero-order valence-electron chi connectivity index (χ0n) is 13.7. The highest BCUT2D eigenvalue weighted by Crippen LogP contribution is 2.47. The lowest BCUT2D eigenvalue weighted by molar-refractivity contribution is -0.274. The van der Waals surface area contributed by atoms with Gasteiger partial charge in [-0.15, -0.1) is 24.9 Å². The van der Waals surface area contributed by atoms with Crippen LogP contribution >= 0.6 is 34.7 Å². The summed E-state index contributed by atoms with van der Waals surface area (Å²) >= 11 is 8.36. The Balaban J connectivity index is 1.74. The topological polar surface area (TPSA) is 42.4 Å². The average Bonchev–Trinajstić information content (AvgIpc) is 3.16. The number of rotatable bonds is 3. The van der Waals surface area contributed by atoms with Crippen LogP contribution in [0.3, 0.4) is 0 Å². The second-order valence-electron chi connectivity index (χ2n) is 5.74. The number of fused-ring (bicyclic) bond motifs is 1. The maximum atomic E-state index is 14.4. The molecule has 1 unspecified atom stereocenters. The Morgan fingerprint density at radius 1 is 1.25 bits per heavy atom. The summed E-state index contributed by atoms with van der Waals surface area (Å²) in [5.41, 5.74) is 0.568. The molecule has 4 rings (SSSR count). The number of amides is 1. The van der Waals surface area contributed by atoms with Crippen molar-refractivity contribution < 1.29 is 27.1 Å². The van der Waals surface area contributed by atoms with Crippen molar-refractivity contribution >= 4 is 56.0 Å². The Morgan fingerprint density at radius 2 is 2.04 bits per heavy atom. The lowest BCUT2D eigenvalue weighted by Crippen LogP contribution is -2.28. The van der Waals surface area contributed by atoms with Gasteiger partial charge in [0.1, 0.15) is 16.9 Å². The van der Waals surface area contributed by atoms with E-state index in [2.05, 4.69) is 9.72 Å². The van der Waals surface area contributed by atoms with E-state index in [1.54, 1.807) is 0 Å². The molecule has 0 aliphatic carbocycles. The second-order valence-corrected chi connectivity index (χ2v) is 8.22. The van der Waals surface area contributed by atoms with Crippen LogP contribution in [0.1, 0.15) is 10.9 Å². The number of halogens is 5. The maximum absolute atomic E-state index is 14.4. The van der Waals surface area contributed by atoms with Gasteiger partial charge < -0.3 is 4.74 Å². The first-order chi connectivity index (χ1) is 13.2. The summed E-state index contributed by atoms with van der Waals surface area (Å²) in [5, 5.41) is -0.287. The van der Waals surface area contributed by atoms with E-state index in [9.17, 15) is 22.4 Å². The minimum Gasteiger partial charge on any atom is -0.406 e. The molecule has 1 saturated heterocycles. The van der Waals surface area contributed by atoms with Gasteiger partial charge in [-0.1, -0.05) is 29.0 Å².